The Morgan fingerprint density at radius 1 is 0.893 bits per heavy atom. The standard InChI is InChI=1S/C22H26O5S/c1-28(23,24)25-16-17-12-14-22(15-13-17)26-20(18-8-4-2-5-9-18)21(27-22)19-10-6-3-7-11-19/h2-11,17,20-21H,12-16H2,1H3/t20-,21-/m0/s1. The van der Waals surface area contributed by atoms with Crippen LogP contribution in [0.15, 0.2) is 60.7 Å². The topological polar surface area (TPSA) is 61.8 Å². The van der Waals surface area contributed by atoms with Crippen LogP contribution in [-0.4, -0.2) is 27.1 Å². The Morgan fingerprint density at radius 2 is 1.36 bits per heavy atom. The summed E-state index contributed by atoms with van der Waals surface area (Å²) in [6.45, 7) is 0.235. The van der Waals surface area contributed by atoms with Crippen molar-refractivity contribution in [3.63, 3.8) is 0 Å². The molecule has 6 heteroatoms. The second kappa shape index (κ2) is 7.95. The first kappa shape index (κ1) is 19.6. The van der Waals surface area contributed by atoms with Gasteiger partial charge in [0.05, 0.1) is 12.9 Å². The lowest BCUT2D eigenvalue weighted by atomic mass is 9.85. The molecule has 0 amide bonds. The first-order chi connectivity index (χ1) is 13.4. The lowest BCUT2D eigenvalue weighted by Crippen LogP contribution is -2.36. The molecule has 28 heavy (non-hydrogen) atoms. The van der Waals surface area contributed by atoms with Crippen LogP contribution >= 0.6 is 0 Å². The van der Waals surface area contributed by atoms with Gasteiger partial charge in [0.2, 0.25) is 0 Å². The normalized spacial score (nSPS) is 25.2. The third-order valence-corrected chi connectivity index (χ3v) is 6.16. The highest BCUT2D eigenvalue weighted by Gasteiger charge is 2.50. The van der Waals surface area contributed by atoms with E-state index in [0.717, 1.165) is 43.1 Å². The fourth-order valence-corrected chi connectivity index (χ4v) is 4.56. The van der Waals surface area contributed by atoms with E-state index in [2.05, 4.69) is 24.3 Å². The zero-order valence-electron chi connectivity index (χ0n) is 16.0. The lowest BCUT2D eigenvalue weighted by Gasteiger charge is -2.35. The number of hydrogen-bond acceptors (Lipinski definition) is 5. The molecule has 1 heterocycles. The molecule has 0 bridgehead atoms. The summed E-state index contributed by atoms with van der Waals surface area (Å²) in [6.07, 6.45) is 3.88. The van der Waals surface area contributed by atoms with Crippen LogP contribution in [0.5, 0.6) is 0 Å². The molecule has 150 valence electrons. The van der Waals surface area contributed by atoms with Crippen LogP contribution in [0.2, 0.25) is 0 Å². The average molecular weight is 403 g/mol. The molecule has 1 saturated heterocycles. The summed E-state index contributed by atoms with van der Waals surface area (Å²) in [5.74, 6) is -0.415. The quantitative estimate of drug-likeness (QED) is 0.695. The Balaban J connectivity index is 1.51. The highest BCUT2D eigenvalue weighted by molar-refractivity contribution is 7.85. The third kappa shape index (κ3) is 4.46. The highest BCUT2D eigenvalue weighted by Crippen LogP contribution is 2.52. The molecule has 2 atom stereocenters. The SMILES string of the molecule is CS(=O)(=O)OCC1CCC2(CC1)O[C@@H](c1ccccc1)[C@H](c1ccccc1)O2. The van der Waals surface area contributed by atoms with Crippen molar-refractivity contribution in [1.29, 1.82) is 0 Å². The fourth-order valence-electron chi connectivity index (χ4n) is 4.12. The maximum atomic E-state index is 11.3. The molecule has 1 saturated carbocycles. The monoisotopic (exact) mass is 402 g/mol. The van der Waals surface area contributed by atoms with Crippen LogP contribution in [0, 0.1) is 5.92 Å². The Hall–Kier alpha value is -1.73. The van der Waals surface area contributed by atoms with E-state index in [9.17, 15) is 8.42 Å². The van der Waals surface area contributed by atoms with Crippen LogP contribution < -0.4 is 0 Å². The van der Waals surface area contributed by atoms with Gasteiger partial charge >= 0.3 is 0 Å². The van der Waals surface area contributed by atoms with Crippen molar-refractivity contribution in [2.45, 2.75) is 43.7 Å². The van der Waals surface area contributed by atoms with Gasteiger partial charge in [-0.25, -0.2) is 0 Å². The molecule has 5 nitrogen and oxygen atoms in total. The van der Waals surface area contributed by atoms with Gasteiger partial charge in [-0.05, 0) is 29.9 Å². The summed E-state index contributed by atoms with van der Waals surface area (Å²) in [6, 6.07) is 20.4. The van der Waals surface area contributed by atoms with Gasteiger partial charge in [-0.2, -0.15) is 8.42 Å². The van der Waals surface area contributed by atoms with Crippen LogP contribution in [0.4, 0.5) is 0 Å². The van der Waals surface area contributed by atoms with E-state index in [1.807, 2.05) is 36.4 Å². The number of rotatable bonds is 5. The van der Waals surface area contributed by atoms with E-state index in [1.165, 1.54) is 0 Å². The minimum atomic E-state index is -3.40. The predicted octanol–water partition coefficient (Wildman–Crippen LogP) is 4.38. The Bertz CT molecular complexity index is 824. The summed E-state index contributed by atoms with van der Waals surface area (Å²) in [5.41, 5.74) is 2.21. The largest absolute Gasteiger partial charge is 0.339 e. The summed E-state index contributed by atoms with van der Waals surface area (Å²) in [4.78, 5) is 0. The third-order valence-electron chi connectivity index (χ3n) is 5.60. The highest BCUT2D eigenvalue weighted by atomic mass is 32.2. The Morgan fingerprint density at radius 3 is 1.79 bits per heavy atom. The molecule has 2 aromatic rings. The minimum absolute atomic E-state index is 0.160. The molecule has 1 aliphatic carbocycles. The molecule has 0 aromatic heterocycles. The zero-order valence-corrected chi connectivity index (χ0v) is 16.8. The van der Waals surface area contributed by atoms with Crippen molar-refractivity contribution in [3.8, 4) is 0 Å². The van der Waals surface area contributed by atoms with E-state index in [0.29, 0.717) is 0 Å². The smallest absolute Gasteiger partial charge is 0.264 e. The number of hydrogen-bond donors (Lipinski definition) is 0. The van der Waals surface area contributed by atoms with Gasteiger partial charge < -0.3 is 9.47 Å². The zero-order chi connectivity index (χ0) is 19.6. The fraction of sp³-hybridized carbons (Fsp3) is 0.455. The van der Waals surface area contributed by atoms with Crippen molar-refractivity contribution < 1.29 is 22.1 Å². The molecule has 1 spiro atoms. The van der Waals surface area contributed by atoms with E-state index < -0.39 is 15.9 Å². The Kier molecular flexibility index (Phi) is 5.56. The van der Waals surface area contributed by atoms with E-state index in [1.54, 1.807) is 0 Å². The molecule has 1 aliphatic heterocycles. The molecule has 4 rings (SSSR count). The first-order valence-corrected chi connectivity index (χ1v) is 11.6. The molecular weight excluding hydrogens is 376 g/mol. The van der Waals surface area contributed by atoms with E-state index in [4.69, 9.17) is 13.7 Å². The maximum absolute atomic E-state index is 11.3. The second-order valence-corrected chi connectivity index (χ2v) is 9.38. The van der Waals surface area contributed by atoms with Crippen LogP contribution in [0.25, 0.3) is 0 Å². The molecule has 0 radical (unpaired) electrons. The average Bonchev–Trinajstić information content (AvgIpc) is 3.08. The van der Waals surface area contributed by atoms with Gasteiger partial charge in [0.25, 0.3) is 10.1 Å². The van der Waals surface area contributed by atoms with Gasteiger partial charge in [-0.15, -0.1) is 0 Å². The van der Waals surface area contributed by atoms with Crippen LogP contribution in [-0.2, 0) is 23.8 Å². The van der Waals surface area contributed by atoms with Gasteiger partial charge in [-0.3, -0.25) is 4.18 Å². The van der Waals surface area contributed by atoms with Crippen molar-refractivity contribution in [3.05, 3.63) is 71.8 Å². The van der Waals surface area contributed by atoms with Crippen molar-refractivity contribution in [2.24, 2.45) is 5.92 Å². The summed E-state index contributed by atoms with van der Waals surface area (Å²) in [5, 5.41) is 0. The molecule has 2 fully saturated rings. The van der Waals surface area contributed by atoms with Crippen molar-refractivity contribution in [2.75, 3.05) is 12.9 Å². The Labute approximate surface area is 166 Å². The van der Waals surface area contributed by atoms with Gasteiger partial charge in [0.15, 0.2) is 5.79 Å². The lowest BCUT2D eigenvalue weighted by molar-refractivity contribution is -0.201. The number of benzene rings is 2. The van der Waals surface area contributed by atoms with Crippen molar-refractivity contribution in [1.82, 2.24) is 0 Å². The maximum Gasteiger partial charge on any atom is 0.264 e. The first-order valence-electron chi connectivity index (χ1n) is 9.74. The van der Waals surface area contributed by atoms with Crippen molar-refractivity contribution >= 4 is 10.1 Å². The molecular formula is C22H26O5S. The second-order valence-electron chi connectivity index (χ2n) is 7.74. The van der Waals surface area contributed by atoms with Gasteiger partial charge in [0.1, 0.15) is 12.2 Å². The van der Waals surface area contributed by atoms with Crippen LogP contribution in [0.1, 0.15) is 49.0 Å². The molecule has 0 unspecified atom stereocenters. The summed E-state index contributed by atoms with van der Waals surface area (Å²) >= 11 is 0. The minimum Gasteiger partial charge on any atom is -0.339 e. The predicted molar refractivity (Wildman–Crippen MR) is 106 cm³/mol. The summed E-state index contributed by atoms with van der Waals surface area (Å²) < 4.78 is 40.6. The van der Waals surface area contributed by atoms with Gasteiger partial charge in [-0.1, -0.05) is 60.7 Å². The van der Waals surface area contributed by atoms with Gasteiger partial charge in [0, 0.05) is 12.8 Å². The van der Waals surface area contributed by atoms with E-state index in [-0.39, 0.29) is 24.7 Å². The molecule has 2 aliphatic rings. The summed E-state index contributed by atoms with van der Waals surface area (Å²) in [7, 11) is -3.40. The van der Waals surface area contributed by atoms with E-state index >= 15 is 0 Å². The molecule has 2 aromatic carbocycles. The van der Waals surface area contributed by atoms with Crippen LogP contribution in [0.3, 0.4) is 0 Å². The molecule has 0 N–H and O–H groups in total. The number of ether oxygens (including phenoxy) is 2.